The third kappa shape index (κ3) is 2.50. The summed E-state index contributed by atoms with van der Waals surface area (Å²) in [6, 6.07) is 0. The van der Waals surface area contributed by atoms with Crippen LogP contribution in [0.5, 0.6) is 0 Å². The summed E-state index contributed by atoms with van der Waals surface area (Å²) in [5.74, 6) is -0.446. The van der Waals surface area contributed by atoms with Gasteiger partial charge in [-0.25, -0.2) is 0 Å². The molecule has 3 rings (SSSR count). The van der Waals surface area contributed by atoms with Crippen molar-refractivity contribution in [3.05, 3.63) is 0 Å². The van der Waals surface area contributed by atoms with E-state index in [1.807, 2.05) is 0 Å². The fraction of sp³-hybridized carbons (Fsp3) is 0.923. The van der Waals surface area contributed by atoms with Crippen LogP contribution in [0, 0.1) is 5.92 Å². The van der Waals surface area contributed by atoms with Gasteiger partial charge in [0.2, 0.25) is 0 Å². The zero-order chi connectivity index (χ0) is 13.6. The lowest BCUT2D eigenvalue weighted by Gasteiger charge is -2.25. The van der Waals surface area contributed by atoms with E-state index >= 15 is 0 Å². The maximum Gasteiger partial charge on any atom is 0.308 e. The Bertz CT molecular complexity index is 366. The number of ether oxygens (including phenoxy) is 4. The Kier molecular flexibility index (Phi) is 3.29. The first-order valence-electron chi connectivity index (χ1n) is 6.77. The van der Waals surface area contributed by atoms with Crippen molar-refractivity contribution >= 4 is 5.97 Å². The highest BCUT2D eigenvalue weighted by Gasteiger charge is 2.58. The molecule has 3 aliphatic heterocycles. The molecule has 0 spiro atoms. The summed E-state index contributed by atoms with van der Waals surface area (Å²) >= 11 is 0. The maximum atomic E-state index is 11.6. The van der Waals surface area contributed by atoms with Gasteiger partial charge < -0.3 is 24.1 Å². The molecule has 0 radical (unpaired) electrons. The Hall–Kier alpha value is -0.690. The maximum absolute atomic E-state index is 11.6. The molecular formula is C13H20O6. The van der Waals surface area contributed by atoms with Crippen LogP contribution in [0.2, 0.25) is 0 Å². The van der Waals surface area contributed by atoms with E-state index in [-0.39, 0.29) is 37.3 Å². The molecule has 6 heteroatoms. The van der Waals surface area contributed by atoms with Crippen LogP contribution >= 0.6 is 0 Å². The van der Waals surface area contributed by atoms with Crippen LogP contribution in [0.3, 0.4) is 0 Å². The van der Waals surface area contributed by atoms with Gasteiger partial charge in [0.25, 0.3) is 0 Å². The Labute approximate surface area is 112 Å². The van der Waals surface area contributed by atoms with Gasteiger partial charge in [-0.3, -0.25) is 4.79 Å². The summed E-state index contributed by atoms with van der Waals surface area (Å²) < 4.78 is 21.7. The van der Waals surface area contributed by atoms with E-state index in [0.29, 0.717) is 13.0 Å². The molecule has 0 aromatic rings. The van der Waals surface area contributed by atoms with Crippen molar-refractivity contribution in [1.29, 1.82) is 0 Å². The number of epoxide rings is 1. The molecule has 108 valence electrons. The van der Waals surface area contributed by atoms with Crippen LogP contribution in [0.4, 0.5) is 0 Å². The fourth-order valence-electron chi connectivity index (χ4n) is 2.70. The van der Waals surface area contributed by atoms with Gasteiger partial charge in [0.05, 0.1) is 31.8 Å². The summed E-state index contributed by atoms with van der Waals surface area (Å²) in [5.41, 5.74) is -1.02. The van der Waals surface area contributed by atoms with Crippen molar-refractivity contribution in [2.24, 2.45) is 5.92 Å². The van der Waals surface area contributed by atoms with Gasteiger partial charge >= 0.3 is 5.97 Å². The Balaban J connectivity index is 1.62. The Morgan fingerprint density at radius 2 is 2.11 bits per heavy atom. The molecule has 0 aliphatic carbocycles. The van der Waals surface area contributed by atoms with E-state index in [1.165, 1.54) is 0 Å². The van der Waals surface area contributed by atoms with Crippen LogP contribution in [0.15, 0.2) is 0 Å². The van der Waals surface area contributed by atoms with Crippen molar-refractivity contribution in [2.75, 3.05) is 19.8 Å². The van der Waals surface area contributed by atoms with Crippen molar-refractivity contribution in [1.82, 2.24) is 0 Å². The summed E-state index contributed by atoms with van der Waals surface area (Å²) in [7, 11) is 0. The highest BCUT2D eigenvalue weighted by Crippen LogP contribution is 2.40. The largest absolute Gasteiger partial charge is 0.457 e. The molecule has 1 N–H and O–H groups in total. The standard InChI is InChI=1S/C13H20O6/c1-7(2)12(14)19-9-5-17-11-10(9)18-6-13(11,15)3-8-4-16-8/h7-11,15H,3-6H2,1-2H3/t8?,9-,10-,11+,13+/m1/s1. The molecule has 0 amide bonds. The van der Waals surface area contributed by atoms with Crippen molar-refractivity contribution in [3.8, 4) is 0 Å². The summed E-state index contributed by atoms with van der Waals surface area (Å²) in [6.45, 7) is 4.74. The highest BCUT2D eigenvalue weighted by molar-refractivity contribution is 5.71. The quantitative estimate of drug-likeness (QED) is 0.567. The number of esters is 1. The minimum atomic E-state index is -1.02. The topological polar surface area (TPSA) is 77.5 Å². The number of carbonyl (C=O) groups excluding carboxylic acids is 1. The molecule has 0 aromatic carbocycles. The first-order chi connectivity index (χ1) is 8.99. The van der Waals surface area contributed by atoms with Crippen LogP contribution in [-0.2, 0) is 23.7 Å². The van der Waals surface area contributed by atoms with Crippen LogP contribution in [-0.4, -0.2) is 60.9 Å². The van der Waals surface area contributed by atoms with Gasteiger partial charge in [-0.05, 0) is 0 Å². The van der Waals surface area contributed by atoms with Gasteiger partial charge in [-0.2, -0.15) is 0 Å². The second kappa shape index (κ2) is 4.70. The second-order valence-corrected chi connectivity index (χ2v) is 5.92. The van der Waals surface area contributed by atoms with E-state index in [9.17, 15) is 9.90 Å². The molecule has 3 saturated heterocycles. The van der Waals surface area contributed by atoms with E-state index in [2.05, 4.69) is 0 Å². The van der Waals surface area contributed by atoms with E-state index < -0.39 is 17.8 Å². The van der Waals surface area contributed by atoms with Gasteiger partial charge in [-0.1, -0.05) is 13.8 Å². The number of hydrogen-bond donors (Lipinski definition) is 1. The molecule has 19 heavy (non-hydrogen) atoms. The minimum absolute atomic E-state index is 0.105. The van der Waals surface area contributed by atoms with Crippen molar-refractivity contribution in [2.45, 2.75) is 50.3 Å². The third-order valence-electron chi connectivity index (χ3n) is 3.88. The molecule has 5 atom stereocenters. The Morgan fingerprint density at radius 1 is 1.37 bits per heavy atom. The lowest BCUT2D eigenvalue weighted by molar-refractivity contribution is -0.157. The number of carbonyl (C=O) groups is 1. The molecule has 3 aliphatic rings. The average Bonchev–Trinajstić information content (AvgIpc) is 2.96. The summed E-state index contributed by atoms with van der Waals surface area (Å²) in [5, 5.41) is 10.6. The smallest absolute Gasteiger partial charge is 0.308 e. The molecule has 3 fully saturated rings. The molecule has 1 unspecified atom stereocenters. The highest BCUT2D eigenvalue weighted by atomic mass is 16.6. The molecule has 0 aromatic heterocycles. The molecular weight excluding hydrogens is 252 g/mol. The van der Waals surface area contributed by atoms with Crippen LogP contribution < -0.4 is 0 Å². The molecule has 0 bridgehead atoms. The van der Waals surface area contributed by atoms with Crippen molar-refractivity contribution in [3.63, 3.8) is 0 Å². The SMILES string of the molecule is CC(C)C(=O)O[C@@H]1CO[C@H]2[C@@H]1OC[C@@]2(O)CC1CO1. The zero-order valence-corrected chi connectivity index (χ0v) is 11.2. The number of rotatable bonds is 4. The lowest BCUT2D eigenvalue weighted by atomic mass is 9.91. The molecule has 3 heterocycles. The van der Waals surface area contributed by atoms with Crippen molar-refractivity contribution < 1.29 is 28.8 Å². The fourth-order valence-corrected chi connectivity index (χ4v) is 2.70. The monoisotopic (exact) mass is 272 g/mol. The van der Waals surface area contributed by atoms with Gasteiger partial charge in [0.15, 0.2) is 6.10 Å². The van der Waals surface area contributed by atoms with Gasteiger partial charge in [0, 0.05) is 6.42 Å². The van der Waals surface area contributed by atoms with Gasteiger partial charge in [-0.15, -0.1) is 0 Å². The first kappa shape index (κ1) is 13.3. The van der Waals surface area contributed by atoms with E-state index in [0.717, 1.165) is 0 Å². The normalized spacial score (nSPS) is 44.4. The van der Waals surface area contributed by atoms with Crippen LogP contribution in [0.1, 0.15) is 20.3 Å². The van der Waals surface area contributed by atoms with E-state index in [4.69, 9.17) is 18.9 Å². The lowest BCUT2D eigenvalue weighted by Crippen LogP contribution is -2.45. The minimum Gasteiger partial charge on any atom is -0.457 e. The predicted octanol–water partition coefficient (Wildman–Crippen LogP) is -0.128. The summed E-state index contributed by atoms with van der Waals surface area (Å²) in [6.07, 6.45) is -0.602. The Morgan fingerprint density at radius 3 is 2.74 bits per heavy atom. The number of hydrogen-bond acceptors (Lipinski definition) is 6. The number of fused-ring (bicyclic) bond motifs is 1. The molecule has 6 nitrogen and oxygen atoms in total. The van der Waals surface area contributed by atoms with E-state index in [1.54, 1.807) is 13.8 Å². The number of aliphatic hydroxyl groups is 1. The van der Waals surface area contributed by atoms with Gasteiger partial charge in [0.1, 0.15) is 17.8 Å². The zero-order valence-electron chi connectivity index (χ0n) is 11.2. The third-order valence-corrected chi connectivity index (χ3v) is 3.88. The molecule has 0 saturated carbocycles. The average molecular weight is 272 g/mol. The summed E-state index contributed by atoms with van der Waals surface area (Å²) in [4.78, 5) is 11.6. The predicted molar refractivity (Wildman–Crippen MR) is 63.5 cm³/mol. The second-order valence-electron chi connectivity index (χ2n) is 5.92. The van der Waals surface area contributed by atoms with Crippen LogP contribution in [0.25, 0.3) is 0 Å². The first-order valence-corrected chi connectivity index (χ1v) is 6.77.